The Bertz CT molecular complexity index is 275. The normalized spacial score (nSPS) is 17.8. The van der Waals surface area contributed by atoms with Gasteiger partial charge in [-0.3, -0.25) is 5.43 Å². The van der Waals surface area contributed by atoms with Gasteiger partial charge in [0.15, 0.2) is 0 Å². The van der Waals surface area contributed by atoms with Gasteiger partial charge in [-0.2, -0.15) is 0 Å². The molecule has 80 valence electrons. The Kier molecular flexibility index (Phi) is 5.29. The largest absolute Gasteiger partial charge is 0.333 e. The number of nitrogens with one attached hydrogen (secondary N) is 2. The molecular weight excluding hydrogens is 248 g/mol. The van der Waals surface area contributed by atoms with Gasteiger partial charge in [-0.05, 0) is 12.2 Å². The van der Waals surface area contributed by atoms with Crippen LogP contribution < -0.4 is 16.6 Å². The Balaban J connectivity index is 0.00000169. The molecule has 0 saturated heterocycles. The molecule has 0 aliphatic heterocycles. The number of alkyl halides is 2. The lowest BCUT2D eigenvalue weighted by Crippen LogP contribution is -2.40. The van der Waals surface area contributed by atoms with Gasteiger partial charge in [-0.15, -0.1) is 12.4 Å². The highest BCUT2D eigenvalue weighted by atomic mass is 35.5. The summed E-state index contributed by atoms with van der Waals surface area (Å²) in [6.45, 7) is 0. The summed E-state index contributed by atoms with van der Waals surface area (Å²) in [6, 6.07) is -0.495. The molecule has 0 radical (unpaired) electrons. The molecule has 0 spiro atoms. The van der Waals surface area contributed by atoms with Crippen LogP contribution in [0.25, 0.3) is 0 Å². The molecule has 2 amide bonds. The fraction of sp³-hybridized carbons (Fsp3) is 0.286. The van der Waals surface area contributed by atoms with Gasteiger partial charge in [0.1, 0.15) is 4.33 Å². The Hall–Kier alpha value is -0.420. The second-order valence-corrected chi connectivity index (χ2v) is 4.13. The molecular formula is C7H10Cl3N3O. The van der Waals surface area contributed by atoms with E-state index in [2.05, 4.69) is 5.32 Å². The first-order chi connectivity index (χ1) is 6.03. The molecule has 0 aromatic heterocycles. The second-order valence-electron chi connectivity index (χ2n) is 2.59. The number of rotatable bonds is 1. The van der Waals surface area contributed by atoms with E-state index in [1.165, 1.54) is 0 Å². The van der Waals surface area contributed by atoms with E-state index < -0.39 is 10.4 Å². The van der Waals surface area contributed by atoms with Crippen molar-refractivity contribution >= 4 is 41.6 Å². The monoisotopic (exact) mass is 257 g/mol. The zero-order valence-electron chi connectivity index (χ0n) is 7.09. The van der Waals surface area contributed by atoms with Crippen molar-refractivity contribution < 1.29 is 4.79 Å². The smallest absolute Gasteiger partial charge is 0.311 e. The fourth-order valence-electron chi connectivity index (χ4n) is 0.945. The van der Waals surface area contributed by atoms with Crippen LogP contribution in [0.2, 0.25) is 0 Å². The molecule has 7 heteroatoms. The first-order valence-corrected chi connectivity index (χ1v) is 4.33. The van der Waals surface area contributed by atoms with Crippen LogP contribution in [-0.4, -0.2) is 10.4 Å². The lowest BCUT2D eigenvalue weighted by molar-refractivity contribution is 0.243. The molecule has 1 rings (SSSR count). The van der Waals surface area contributed by atoms with E-state index in [1.807, 2.05) is 5.43 Å². The Labute approximate surface area is 97.9 Å². The summed E-state index contributed by atoms with van der Waals surface area (Å²) < 4.78 is -0.952. The van der Waals surface area contributed by atoms with Crippen LogP contribution in [0.15, 0.2) is 23.9 Å². The Morgan fingerprint density at radius 1 is 1.57 bits per heavy atom. The van der Waals surface area contributed by atoms with Gasteiger partial charge in [-0.25, -0.2) is 10.6 Å². The van der Waals surface area contributed by atoms with Crippen molar-refractivity contribution in [3.63, 3.8) is 0 Å². The number of hydrazine groups is 1. The van der Waals surface area contributed by atoms with Gasteiger partial charge >= 0.3 is 6.03 Å². The molecule has 0 bridgehead atoms. The lowest BCUT2D eigenvalue weighted by atomic mass is 10.1. The van der Waals surface area contributed by atoms with Crippen LogP contribution in [-0.2, 0) is 0 Å². The number of nitrogens with two attached hydrogens (primary N) is 1. The van der Waals surface area contributed by atoms with E-state index in [0.717, 1.165) is 0 Å². The van der Waals surface area contributed by atoms with Crippen molar-refractivity contribution in [1.29, 1.82) is 0 Å². The van der Waals surface area contributed by atoms with Crippen LogP contribution in [0.5, 0.6) is 0 Å². The van der Waals surface area contributed by atoms with Crippen LogP contribution in [0, 0.1) is 0 Å². The SMILES string of the molecule is Cl.NNC(=O)NC1=CC=CC(Cl)(Cl)C1. The average Bonchev–Trinajstić information content (AvgIpc) is 2.02. The zero-order valence-corrected chi connectivity index (χ0v) is 9.42. The van der Waals surface area contributed by atoms with Crippen molar-refractivity contribution in [2.24, 2.45) is 5.84 Å². The van der Waals surface area contributed by atoms with Crippen molar-refractivity contribution in [2.75, 3.05) is 0 Å². The zero-order chi connectivity index (χ0) is 9.90. The number of amides is 2. The average molecular weight is 259 g/mol. The summed E-state index contributed by atoms with van der Waals surface area (Å²) in [5.74, 6) is 4.88. The highest BCUT2D eigenvalue weighted by molar-refractivity contribution is 6.50. The van der Waals surface area contributed by atoms with Crippen molar-refractivity contribution in [3.05, 3.63) is 23.9 Å². The molecule has 1 aliphatic carbocycles. The summed E-state index contributed by atoms with van der Waals surface area (Å²) in [5.41, 5.74) is 2.56. The van der Waals surface area contributed by atoms with Gasteiger partial charge in [0.05, 0.1) is 0 Å². The number of hydrogen-bond donors (Lipinski definition) is 3. The van der Waals surface area contributed by atoms with E-state index in [0.29, 0.717) is 12.1 Å². The second kappa shape index (κ2) is 5.46. The van der Waals surface area contributed by atoms with Gasteiger partial charge in [0.25, 0.3) is 0 Å². The summed E-state index contributed by atoms with van der Waals surface area (Å²) in [6.07, 6.45) is 5.37. The van der Waals surface area contributed by atoms with Gasteiger partial charge in [0, 0.05) is 12.1 Å². The summed E-state index contributed by atoms with van der Waals surface area (Å²) in [4.78, 5) is 10.8. The molecule has 0 unspecified atom stereocenters. The standard InChI is InChI=1S/C7H9Cl2N3O.ClH/c8-7(9)3-1-2-5(4-7)11-6(13)12-10;/h1-3H,4,10H2,(H2,11,12,13);1H. The van der Waals surface area contributed by atoms with Gasteiger partial charge in [0.2, 0.25) is 0 Å². The predicted octanol–water partition coefficient (Wildman–Crippen LogP) is 1.60. The molecule has 0 fully saturated rings. The third-order valence-electron chi connectivity index (χ3n) is 1.47. The van der Waals surface area contributed by atoms with Crippen LogP contribution in [0.1, 0.15) is 6.42 Å². The maximum Gasteiger partial charge on any atom is 0.333 e. The first kappa shape index (κ1) is 13.6. The molecule has 0 aromatic carbocycles. The van der Waals surface area contributed by atoms with Gasteiger partial charge < -0.3 is 5.32 Å². The van der Waals surface area contributed by atoms with E-state index in [9.17, 15) is 4.79 Å². The van der Waals surface area contributed by atoms with E-state index in [1.54, 1.807) is 18.2 Å². The number of carbonyl (C=O) groups excluding carboxylic acids is 1. The molecule has 0 heterocycles. The lowest BCUT2D eigenvalue weighted by Gasteiger charge is -2.20. The van der Waals surface area contributed by atoms with Crippen molar-refractivity contribution in [1.82, 2.24) is 10.7 Å². The maximum absolute atomic E-state index is 10.8. The molecule has 0 aromatic rings. The number of carbonyl (C=O) groups is 1. The summed E-state index contributed by atoms with van der Waals surface area (Å²) in [5, 5.41) is 2.49. The summed E-state index contributed by atoms with van der Waals surface area (Å²) in [7, 11) is 0. The molecule has 0 atom stereocenters. The maximum atomic E-state index is 10.8. The summed E-state index contributed by atoms with van der Waals surface area (Å²) >= 11 is 11.7. The van der Waals surface area contributed by atoms with E-state index in [4.69, 9.17) is 29.0 Å². The number of hydrogen-bond acceptors (Lipinski definition) is 2. The fourth-order valence-corrected chi connectivity index (χ4v) is 1.38. The molecule has 14 heavy (non-hydrogen) atoms. The minimum absolute atomic E-state index is 0. The number of halogens is 3. The minimum atomic E-state index is -0.952. The Morgan fingerprint density at radius 2 is 2.21 bits per heavy atom. The topological polar surface area (TPSA) is 67.1 Å². The minimum Gasteiger partial charge on any atom is -0.311 e. The van der Waals surface area contributed by atoms with Crippen LogP contribution >= 0.6 is 35.6 Å². The quantitative estimate of drug-likeness (QED) is 0.289. The Morgan fingerprint density at radius 3 is 2.71 bits per heavy atom. The van der Waals surface area contributed by atoms with E-state index in [-0.39, 0.29) is 12.4 Å². The highest BCUT2D eigenvalue weighted by Gasteiger charge is 2.24. The third kappa shape index (κ3) is 4.19. The molecule has 0 saturated carbocycles. The van der Waals surface area contributed by atoms with Crippen molar-refractivity contribution in [2.45, 2.75) is 10.8 Å². The predicted molar refractivity (Wildman–Crippen MR) is 59.4 cm³/mol. The highest BCUT2D eigenvalue weighted by Crippen LogP contribution is 2.32. The van der Waals surface area contributed by atoms with Crippen LogP contribution in [0.4, 0.5) is 4.79 Å². The van der Waals surface area contributed by atoms with Crippen molar-refractivity contribution in [3.8, 4) is 0 Å². The first-order valence-electron chi connectivity index (χ1n) is 3.57. The molecule has 1 aliphatic rings. The number of urea groups is 1. The van der Waals surface area contributed by atoms with E-state index >= 15 is 0 Å². The van der Waals surface area contributed by atoms with Crippen LogP contribution in [0.3, 0.4) is 0 Å². The molecule has 4 nitrogen and oxygen atoms in total. The third-order valence-corrected chi connectivity index (χ3v) is 1.99. The van der Waals surface area contributed by atoms with Gasteiger partial charge in [-0.1, -0.05) is 29.3 Å². The number of allylic oxidation sites excluding steroid dienone is 4. The molecule has 4 N–H and O–H groups in total.